The molecule has 0 unspecified atom stereocenters. The fourth-order valence-electron chi connectivity index (χ4n) is 8.34. The van der Waals surface area contributed by atoms with Gasteiger partial charge in [-0.15, -0.1) is 0 Å². The zero-order chi connectivity index (χ0) is 26.7. The zero-order valence-electron chi connectivity index (χ0n) is 24.6. The molecule has 1 aromatic carbocycles. The third-order valence-corrected chi connectivity index (χ3v) is 10.8. The Bertz CT molecular complexity index is 798. The molecule has 0 N–H and O–H groups in total. The maximum Gasteiger partial charge on any atom is 0.200 e. The molecule has 3 aliphatic carbocycles. The van der Waals surface area contributed by atoms with Crippen molar-refractivity contribution in [3.05, 3.63) is 29.3 Å². The van der Waals surface area contributed by atoms with E-state index in [0.717, 1.165) is 55.3 Å². The molecular formula is C35H56F2O. The van der Waals surface area contributed by atoms with Gasteiger partial charge in [0.1, 0.15) is 0 Å². The maximum atomic E-state index is 14.6. The highest BCUT2D eigenvalue weighted by atomic mass is 19.2. The van der Waals surface area contributed by atoms with E-state index in [-0.39, 0.29) is 11.7 Å². The minimum atomic E-state index is -0.814. The molecule has 0 aliphatic heterocycles. The molecule has 0 atom stereocenters. The summed E-state index contributed by atoms with van der Waals surface area (Å²) in [6, 6.07) is 3.36. The summed E-state index contributed by atoms with van der Waals surface area (Å²) < 4.78 is 34.2. The number of hydrogen-bond donors (Lipinski definition) is 0. The first-order valence-corrected chi connectivity index (χ1v) is 16.7. The van der Waals surface area contributed by atoms with E-state index in [9.17, 15) is 8.78 Å². The van der Waals surface area contributed by atoms with Crippen LogP contribution in [0.15, 0.2) is 12.1 Å². The number of hydrogen-bond acceptors (Lipinski definition) is 1. The molecule has 3 aliphatic rings. The summed E-state index contributed by atoms with van der Waals surface area (Å²) in [4.78, 5) is 0. The van der Waals surface area contributed by atoms with Crippen molar-refractivity contribution in [3.8, 4) is 5.75 Å². The zero-order valence-corrected chi connectivity index (χ0v) is 24.6. The lowest BCUT2D eigenvalue weighted by atomic mass is 9.68. The lowest BCUT2D eigenvalue weighted by molar-refractivity contribution is 0.139. The van der Waals surface area contributed by atoms with Crippen molar-refractivity contribution in [3.63, 3.8) is 0 Å². The monoisotopic (exact) mass is 530 g/mol. The molecule has 0 aromatic heterocycles. The summed E-state index contributed by atoms with van der Waals surface area (Å²) in [6.45, 7) is 4.46. The van der Waals surface area contributed by atoms with E-state index in [2.05, 4.69) is 6.92 Å². The Hall–Kier alpha value is -1.12. The van der Waals surface area contributed by atoms with Gasteiger partial charge >= 0.3 is 0 Å². The summed E-state index contributed by atoms with van der Waals surface area (Å²) in [5.74, 6) is 3.56. The number of rotatable bonds is 13. The highest BCUT2D eigenvalue weighted by Gasteiger charge is 2.31. The van der Waals surface area contributed by atoms with Gasteiger partial charge in [0.15, 0.2) is 11.6 Å². The average molecular weight is 531 g/mol. The van der Waals surface area contributed by atoms with Gasteiger partial charge in [-0.05, 0) is 105 Å². The van der Waals surface area contributed by atoms with Crippen LogP contribution >= 0.6 is 0 Å². The number of halogens is 2. The SMILES string of the molecule is CCCCCC1CCC(C2CCC(CCCCC3CCC(c4ccc(OCC)c(F)c4F)CC3)CC2)CC1. The first-order valence-electron chi connectivity index (χ1n) is 16.7. The molecule has 3 fully saturated rings. The van der Waals surface area contributed by atoms with E-state index in [4.69, 9.17) is 4.74 Å². The predicted octanol–water partition coefficient (Wildman–Crippen LogP) is 11.4. The van der Waals surface area contributed by atoms with E-state index in [1.54, 1.807) is 19.1 Å². The standard InChI is InChI=1S/C35H56F2O/c1-3-5-6-9-26-12-18-29(19-13-26)30-20-14-27(15-21-30)10-7-8-11-28-16-22-31(23-17-28)32-24-25-33(38-4-2)35(37)34(32)36/h24-31H,3-23H2,1-2H3. The van der Waals surface area contributed by atoms with Gasteiger partial charge in [-0.1, -0.05) is 90.0 Å². The van der Waals surface area contributed by atoms with Gasteiger partial charge in [-0.2, -0.15) is 4.39 Å². The molecular weight excluding hydrogens is 474 g/mol. The van der Waals surface area contributed by atoms with Gasteiger partial charge in [0.2, 0.25) is 5.82 Å². The van der Waals surface area contributed by atoms with Crippen molar-refractivity contribution < 1.29 is 13.5 Å². The van der Waals surface area contributed by atoms with Crippen LogP contribution in [-0.2, 0) is 0 Å². The van der Waals surface area contributed by atoms with E-state index >= 15 is 0 Å². The van der Waals surface area contributed by atoms with Crippen molar-refractivity contribution in [2.24, 2.45) is 29.6 Å². The van der Waals surface area contributed by atoms with Crippen LogP contribution in [0.3, 0.4) is 0 Å². The van der Waals surface area contributed by atoms with Crippen molar-refractivity contribution in [2.45, 2.75) is 148 Å². The maximum absolute atomic E-state index is 14.6. The molecule has 3 saturated carbocycles. The minimum absolute atomic E-state index is 0.0382. The van der Waals surface area contributed by atoms with Crippen molar-refractivity contribution in [2.75, 3.05) is 6.61 Å². The van der Waals surface area contributed by atoms with Gasteiger partial charge in [-0.25, -0.2) is 4.39 Å². The summed E-state index contributed by atoms with van der Waals surface area (Å²) in [5, 5.41) is 0. The first kappa shape index (κ1) is 29.9. The van der Waals surface area contributed by atoms with Gasteiger partial charge in [-0.3, -0.25) is 0 Å². The van der Waals surface area contributed by atoms with Crippen LogP contribution in [-0.4, -0.2) is 6.61 Å². The van der Waals surface area contributed by atoms with Crippen LogP contribution in [0.2, 0.25) is 0 Å². The second kappa shape index (κ2) is 15.6. The largest absolute Gasteiger partial charge is 0.491 e. The molecule has 0 saturated heterocycles. The number of ether oxygens (including phenoxy) is 1. The van der Waals surface area contributed by atoms with E-state index in [0.29, 0.717) is 12.2 Å². The predicted molar refractivity (Wildman–Crippen MR) is 156 cm³/mol. The van der Waals surface area contributed by atoms with E-state index in [1.165, 1.54) is 103 Å². The van der Waals surface area contributed by atoms with Crippen LogP contribution in [0.5, 0.6) is 5.75 Å². The third kappa shape index (κ3) is 8.44. The van der Waals surface area contributed by atoms with Crippen LogP contribution in [0.25, 0.3) is 0 Å². The quantitative estimate of drug-likeness (QED) is 0.230. The van der Waals surface area contributed by atoms with Crippen LogP contribution in [0.4, 0.5) is 8.78 Å². The Morgan fingerprint density at radius 1 is 0.605 bits per heavy atom. The van der Waals surface area contributed by atoms with Crippen LogP contribution in [0.1, 0.15) is 154 Å². The Balaban J connectivity index is 1.06. The molecule has 0 bridgehead atoms. The molecule has 0 heterocycles. The highest BCUT2D eigenvalue weighted by Crippen LogP contribution is 2.44. The Morgan fingerprint density at radius 3 is 1.55 bits per heavy atom. The summed E-state index contributed by atoms with van der Waals surface area (Å²) in [6.07, 6.45) is 27.6. The molecule has 216 valence electrons. The summed E-state index contributed by atoms with van der Waals surface area (Å²) in [7, 11) is 0. The van der Waals surface area contributed by atoms with E-state index < -0.39 is 11.6 Å². The Kier molecular flexibility index (Phi) is 12.3. The fraction of sp³-hybridized carbons (Fsp3) is 0.829. The van der Waals surface area contributed by atoms with E-state index in [1.807, 2.05) is 0 Å². The number of unbranched alkanes of at least 4 members (excludes halogenated alkanes) is 3. The minimum Gasteiger partial charge on any atom is -0.491 e. The number of benzene rings is 1. The summed E-state index contributed by atoms with van der Waals surface area (Å²) in [5.41, 5.74) is 0.556. The summed E-state index contributed by atoms with van der Waals surface area (Å²) >= 11 is 0. The van der Waals surface area contributed by atoms with Crippen molar-refractivity contribution in [1.82, 2.24) is 0 Å². The second-order valence-corrected chi connectivity index (χ2v) is 13.3. The molecule has 0 spiro atoms. The van der Waals surface area contributed by atoms with Crippen molar-refractivity contribution >= 4 is 0 Å². The lowest BCUT2D eigenvalue weighted by Crippen LogP contribution is -2.26. The molecule has 3 heteroatoms. The molecule has 38 heavy (non-hydrogen) atoms. The van der Waals surface area contributed by atoms with Gasteiger partial charge in [0.25, 0.3) is 0 Å². The molecule has 1 nitrogen and oxygen atoms in total. The second-order valence-electron chi connectivity index (χ2n) is 13.3. The topological polar surface area (TPSA) is 9.23 Å². The van der Waals surface area contributed by atoms with Crippen molar-refractivity contribution in [1.29, 1.82) is 0 Å². The smallest absolute Gasteiger partial charge is 0.200 e. The van der Waals surface area contributed by atoms with Crippen LogP contribution < -0.4 is 4.74 Å². The Labute approximate surface area is 232 Å². The van der Waals surface area contributed by atoms with Gasteiger partial charge in [0.05, 0.1) is 6.61 Å². The molecule has 0 radical (unpaired) electrons. The van der Waals surface area contributed by atoms with Gasteiger partial charge in [0, 0.05) is 0 Å². The fourth-order valence-corrected chi connectivity index (χ4v) is 8.34. The molecule has 0 amide bonds. The highest BCUT2D eigenvalue weighted by molar-refractivity contribution is 5.33. The van der Waals surface area contributed by atoms with Crippen LogP contribution in [0, 0.1) is 41.2 Å². The molecule has 4 rings (SSSR count). The van der Waals surface area contributed by atoms with Gasteiger partial charge < -0.3 is 4.74 Å². The Morgan fingerprint density at radius 2 is 1.08 bits per heavy atom. The molecule has 1 aromatic rings. The average Bonchev–Trinajstić information content (AvgIpc) is 2.95. The lowest BCUT2D eigenvalue weighted by Gasteiger charge is -2.38. The third-order valence-electron chi connectivity index (χ3n) is 10.8. The normalized spacial score (nSPS) is 30.3. The first-order chi connectivity index (χ1) is 18.6.